The number of ether oxygens (including phenoxy) is 2. The summed E-state index contributed by atoms with van der Waals surface area (Å²) in [7, 11) is 0. The molecule has 2 heterocycles. The topological polar surface area (TPSA) is 153 Å². The Labute approximate surface area is 243 Å². The molecule has 2 N–H and O–H groups in total. The molecule has 0 amide bonds. The van der Waals surface area contributed by atoms with E-state index < -0.39 is 11.9 Å². The number of phenols is 2. The van der Waals surface area contributed by atoms with Gasteiger partial charge in [0.1, 0.15) is 31.3 Å². The van der Waals surface area contributed by atoms with Gasteiger partial charge in [-0.05, 0) is 63.1 Å². The number of rotatable bonds is 10. The molecule has 4 rings (SSSR count). The summed E-state index contributed by atoms with van der Waals surface area (Å²) in [5, 5.41) is 22.6. The molecular formula is C29H26N2O8S2. The van der Waals surface area contributed by atoms with Crippen molar-refractivity contribution in [3.05, 3.63) is 67.7 Å². The molecule has 0 atom stereocenters. The highest BCUT2D eigenvalue weighted by Crippen LogP contribution is 2.38. The number of nitrogens with zero attached hydrogens (tertiary/aromatic N) is 2. The van der Waals surface area contributed by atoms with Crippen molar-refractivity contribution in [1.29, 1.82) is 0 Å². The first kappa shape index (κ1) is 29.6. The maximum Gasteiger partial charge on any atom is 0.350 e. The van der Waals surface area contributed by atoms with E-state index in [0.717, 1.165) is 22.7 Å². The van der Waals surface area contributed by atoms with E-state index in [1.807, 2.05) is 0 Å². The summed E-state index contributed by atoms with van der Waals surface area (Å²) in [6, 6.07) is 6.13. The molecule has 0 radical (unpaired) electrons. The average molecular weight is 595 g/mol. The predicted molar refractivity (Wildman–Crippen MR) is 153 cm³/mol. The summed E-state index contributed by atoms with van der Waals surface area (Å²) in [6.07, 6.45) is 0.931. The van der Waals surface area contributed by atoms with E-state index in [9.17, 15) is 29.4 Å². The van der Waals surface area contributed by atoms with Crippen molar-refractivity contribution < 1.29 is 38.9 Å². The number of carbonyl (C=O) groups is 4. The molecule has 0 aliphatic rings. The lowest BCUT2D eigenvalue weighted by Gasteiger charge is -2.13. The third-order valence-electron chi connectivity index (χ3n) is 6.08. The molecule has 2 aromatic carbocycles. The number of esters is 2. The standard InChI is InChI=1S/C29H26N2O8S2/c1-5-38-28(36)24-14(3)30-26(40-24)18-8-16(22(34)20(10-18)12-32)7-17-9-19(11-21(13-33)23(17)35)27-31-15(4)25(41-27)29(37)39-6-2/h8-13,34-35H,5-7H2,1-4H3. The van der Waals surface area contributed by atoms with Crippen molar-refractivity contribution in [1.82, 2.24) is 9.97 Å². The van der Waals surface area contributed by atoms with Gasteiger partial charge < -0.3 is 19.7 Å². The van der Waals surface area contributed by atoms with Crippen LogP contribution >= 0.6 is 22.7 Å². The third kappa shape index (κ3) is 6.03. The highest BCUT2D eigenvalue weighted by molar-refractivity contribution is 7.17. The molecule has 0 unspecified atom stereocenters. The van der Waals surface area contributed by atoms with Crippen LogP contribution in [0.3, 0.4) is 0 Å². The van der Waals surface area contributed by atoms with Gasteiger partial charge >= 0.3 is 11.9 Å². The quantitative estimate of drug-likeness (QED) is 0.177. The first-order chi connectivity index (χ1) is 19.6. The maximum absolute atomic E-state index is 12.3. The Balaban J connectivity index is 1.79. The minimum Gasteiger partial charge on any atom is -0.507 e. The fourth-order valence-electron chi connectivity index (χ4n) is 4.15. The van der Waals surface area contributed by atoms with Gasteiger partial charge in [0.2, 0.25) is 0 Å². The van der Waals surface area contributed by atoms with E-state index in [1.165, 1.54) is 12.1 Å². The molecule has 0 fully saturated rings. The fraction of sp³-hybridized carbons (Fsp3) is 0.241. The molecule has 41 heavy (non-hydrogen) atoms. The maximum atomic E-state index is 12.3. The predicted octanol–water partition coefficient (Wildman–Crippen LogP) is 5.53. The number of benzene rings is 2. The molecule has 0 bridgehead atoms. The first-order valence-corrected chi connectivity index (χ1v) is 14.2. The minimum atomic E-state index is -0.505. The number of hydrogen-bond acceptors (Lipinski definition) is 12. The Morgan fingerprint density at radius 2 is 1.15 bits per heavy atom. The lowest BCUT2D eigenvalue weighted by atomic mass is 9.95. The zero-order valence-corrected chi connectivity index (χ0v) is 24.3. The van der Waals surface area contributed by atoms with Crippen LogP contribution in [0.4, 0.5) is 0 Å². The van der Waals surface area contributed by atoms with Crippen LogP contribution in [0.1, 0.15) is 76.4 Å². The van der Waals surface area contributed by atoms with Gasteiger partial charge in [-0.2, -0.15) is 0 Å². The molecule has 0 aliphatic heterocycles. The summed E-state index contributed by atoms with van der Waals surface area (Å²) >= 11 is 2.19. The van der Waals surface area contributed by atoms with Crippen molar-refractivity contribution in [3.63, 3.8) is 0 Å². The summed E-state index contributed by atoms with van der Waals surface area (Å²) < 4.78 is 10.2. The van der Waals surface area contributed by atoms with Gasteiger partial charge in [0.05, 0.1) is 35.7 Å². The van der Waals surface area contributed by atoms with Crippen LogP contribution in [-0.2, 0) is 15.9 Å². The zero-order chi connectivity index (χ0) is 29.8. The molecule has 12 heteroatoms. The summed E-state index contributed by atoms with van der Waals surface area (Å²) in [5.74, 6) is -1.60. The Kier molecular flexibility index (Phi) is 8.94. The van der Waals surface area contributed by atoms with Gasteiger partial charge in [-0.25, -0.2) is 19.6 Å². The van der Waals surface area contributed by atoms with Gasteiger partial charge in [0.15, 0.2) is 12.6 Å². The molecule has 0 saturated heterocycles. The molecule has 0 spiro atoms. The monoisotopic (exact) mass is 594 g/mol. The lowest BCUT2D eigenvalue weighted by molar-refractivity contribution is 0.0521. The SMILES string of the molecule is CCOC(=O)c1sc(-c2cc(C=O)c(O)c(Cc3cc(-c4nc(C)c(C(=O)OCC)s4)cc(C=O)c3O)c2)nc1C. The van der Waals surface area contributed by atoms with E-state index in [-0.39, 0.29) is 53.4 Å². The van der Waals surface area contributed by atoms with E-state index in [1.54, 1.807) is 39.8 Å². The zero-order valence-electron chi connectivity index (χ0n) is 22.6. The molecule has 10 nitrogen and oxygen atoms in total. The minimum absolute atomic E-state index is 0.0103. The van der Waals surface area contributed by atoms with Gasteiger partial charge in [0, 0.05) is 17.5 Å². The molecule has 2 aromatic heterocycles. The number of carbonyl (C=O) groups excluding carboxylic acids is 4. The number of aromatic hydroxyl groups is 2. The van der Waals surface area contributed by atoms with Crippen molar-refractivity contribution in [2.75, 3.05) is 13.2 Å². The van der Waals surface area contributed by atoms with Crippen molar-refractivity contribution in [3.8, 4) is 32.6 Å². The number of hydrogen-bond donors (Lipinski definition) is 2. The Morgan fingerprint density at radius 3 is 1.49 bits per heavy atom. The van der Waals surface area contributed by atoms with Gasteiger partial charge in [-0.3, -0.25) is 9.59 Å². The van der Waals surface area contributed by atoms with Crippen LogP contribution < -0.4 is 0 Å². The van der Waals surface area contributed by atoms with Gasteiger partial charge in [-0.1, -0.05) is 0 Å². The number of thiazole rings is 2. The molecule has 0 saturated carbocycles. The van der Waals surface area contributed by atoms with Gasteiger partial charge in [-0.15, -0.1) is 22.7 Å². The smallest absolute Gasteiger partial charge is 0.350 e. The van der Waals surface area contributed by atoms with E-state index in [4.69, 9.17) is 9.47 Å². The second kappa shape index (κ2) is 12.4. The number of aldehydes is 2. The van der Waals surface area contributed by atoms with Crippen LogP contribution in [0.25, 0.3) is 21.1 Å². The van der Waals surface area contributed by atoms with Crippen molar-refractivity contribution >= 4 is 47.2 Å². The van der Waals surface area contributed by atoms with E-state index in [0.29, 0.717) is 54.9 Å². The first-order valence-electron chi connectivity index (χ1n) is 12.5. The highest BCUT2D eigenvalue weighted by atomic mass is 32.1. The fourth-order valence-corrected chi connectivity index (χ4v) is 6.05. The molecule has 0 aliphatic carbocycles. The normalized spacial score (nSPS) is 10.8. The van der Waals surface area contributed by atoms with Crippen LogP contribution in [-0.4, -0.2) is 57.9 Å². The number of phenolic OH excluding ortho intramolecular Hbond substituents is 2. The Morgan fingerprint density at radius 1 is 0.756 bits per heavy atom. The lowest BCUT2D eigenvalue weighted by Crippen LogP contribution is -2.03. The van der Waals surface area contributed by atoms with Crippen LogP contribution in [0.2, 0.25) is 0 Å². The largest absolute Gasteiger partial charge is 0.507 e. The van der Waals surface area contributed by atoms with Crippen molar-refractivity contribution in [2.45, 2.75) is 34.1 Å². The molecular weight excluding hydrogens is 568 g/mol. The van der Waals surface area contributed by atoms with Crippen LogP contribution in [0.5, 0.6) is 11.5 Å². The molecule has 4 aromatic rings. The van der Waals surface area contributed by atoms with Crippen LogP contribution in [0.15, 0.2) is 24.3 Å². The van der Waals surface area contributed by atoms with E-state index >= 15 is 0 Å². The average Bonchev–Trinajstić information content (AvgIpc) is 3.53. The summed E-state index contributed by atoms with van der Waals surface area (Å²) in [5.41, 5.74) is 2.42. The van der Waals surface area contributed by atoms with Crippen molar-refractivity contribution in [2.24, 2.45) is 0 Å². The molecule has 212 valence electrons. The summed E-state index contributed by atoms with van der Waals surface area (Å²) in [6.45, 7) is 7.17. The van der Waals surface area contributed by atoms with Gasteiger partial charge in [0.25, 0.3) is 0 Å². The number of aryl methyl sites for hydroxylation is 2. The van der Waals surface area contributed by atoms with Crippen LogP contribution in [0, 0.1) is 13.8 Å². The summed E-state index contributed by atoms with van der Waals surface area (Å²) in [4.78, 5) is 57.8. The third-order valence-corrected chi connectivity index (χ3v) is 8.45. The van der Waals surface area contributed by atoms with E-state index in [2.05, 4.69) is 9.97 Å². The Bertz CT molecular complexity index is 1550. The second-order valence-electron chi connectivity index (χ2n) is 8.87. The Hall–Kier alpha value is -4.42. The number of aromatic nitrogens is 2. The highest BCUT2D eigenvalue weighted by Gasteiger charge is 2.22. The second-order valence-corrected chi connectivity index (χ2v) is 10.9.